The molecule has 2 atom stereocenters. The van der Waals surface area contributed by atoms with Crippen molar-refractivity contribution in [3.05, 3.63) is 0 Å². The SMILES string of the molecule is CC[SiH](CC)C(CSSSCC(OC)[SiH](CC)CC)OC. The van der Waals surface area contributed by atoms with E-state index in [1.54, 1.807) is 0 Å². The Kier molecular flexibility index (Phi) is 16.0. The van der Waals surface area contributed by atoms with Gasteiger partial charge in [0.15, 0.2) is 0 Å². The van der Waals surface area contributed by atoms with Crippen LogP contribution in [0, 0.1) is 0 Å². The van der Waals surface area contributed by atoms with Gasteiger partial charge in [0.05, 0.1) is 29.0 Å². The van der Waals surface area contributed by atoms with Gasteiger partial charge in [0, 0.05) is 25.7 Å². The van der Waals surface area contributed by atoms with Crippen molar-refractivity contribution in [3.8, 4) is 0 Å². The van der Waals surface area contributed by atoms with Crippen LogP contribution in [0.3, 0.4) is 0 Å². The zero-order valence-corrected chi connectivity index (χ0v) is 19.4. The van der Waals surface area contributed by atoms with Crippen LogP contribution in [0.4, 0.5) is 0 Å². The lowest BCUT2D eigenvalue weighted by molar-refractivity contribution is 0.178. The summed E-state index contributed by atoms with van der Waals surface area (Å²) >= 11 is 0. The Morgan fingerprint density at radius 1 is 0.714 bits per heavy atom. The van der Waals surface area contributed by atoms with Gasteiger partial charge in [0.2, 0.25) is 0 Å². The van der Waals surface area contributed by atoms with Gasteiger partial charge in [-0.05, 0) is 9.83 Å². The molecule has 0 aromatic carbocycles. The van der Waals surface area contributed by atoms with E-state index in [1.807, 2.05) is 45.6 Å². The monoisotopic (exact) mass is 386 g/mol. The average Bonchev–Trinajstić information content (AvgIpc) is 2.52. The van der Waals surface area contributed by atoms with E-state index in [2.05, 4.69) is 27.7 Å². The molecule has 0 aromatic rings. The Labute approximate surface area is 147 Å². The predicted octanol–water partition coefficient (Wildman–Crippen LogP) is 4.66. The highest BCUT2D eigenvalue weighted by Crippen LogP contribution is 2.36. The molecule has 0 aliphatic carbocycles. The van der Waals surface area contributed by atoms with Gasteiger partial charge >= 0.3 is 0 Å². The van der Waals surface area contributed by atoms with Crippen LogP contribution in [-0.2, 0) is 9.47 Å². The Bertz CT molecular complexity index is 208. The second-order valence-corrected chi connectivity index (χ2v) is 17.5. The van der Waals surface area contributed by atoms with E-state index in [1.165, 1.54) is 24.2 Å². The molecular formula is C14H34O2S3Si2. The second kappa shape index (κ2) is 15.0. The third-order valence-corrected chi connectivity index (χ3v) is 16.6. The van der Waals surface area contributed by atoms with Crippen molar-refractivity contribution >= 4 is 49.0 Å². The zero-order valence-electron chi connectivity index (χ0n) is 14.6. The first-order chi connectivity index (χ1) is 10.2. The molecule has 0 radical (unpaired) electrons. The molecule has 0 N–H and O–H groups in total. The molecule has 0 saturated carbocycles. The summed E-state index contributed by atoms with van der Waals surface area (Å²) in [5.41, 5.74) is 1.06. The van der Waals surface area contributed by atoms with Crippen molar-refractivity contribution in [2.24, 2.45) is 0 Å². The Morgan fingerprint density at radius 2 is 1.05 bits per heavy atom. The number of rotatable bonds is 14. The van der Waals surface area contributed by atoms with Crippen molar-refractivity contribution in [1.82, 2.24) is 0 Å². The first kappa shape index (κ1) is 22.4. The summed E-state index contributed by atoms with van der Waals surface area (Å²) in [4.78, 5) is 0. The maximum absolute atomic E-state index is 5.72. The van der Waals surface area contributed by atoms with Crippen LogP contribution in [0.25, 0.3) is 0 Å². The first-order valence-electron chi connectivity index (χ1n) is 8.14. The summed E-state index contributed by atoms with van der Waals surface area (Å²) in [6.07, 6.45) is 0. The summed E-state index contributed by atoms with van der Waals surface area (Å²) in [6.45, 7) is 9.29. The summed E-state index contributed by atoms with van der Waals surface area (Å²) in [5, 5.41) is 0. The minimum absolute atomic E-state index is 0.532. The largest absolute Gasteiger partial charge is 0.384 e. The van der Waals surface area contributed by atoms with Crippen molar-refractivity contribution in [1.29, 1.82) is 0 Å². The van der Waals surface area contributed by atoms with E-state index >= 15 is 0 Å². The molecule has 0 amide bonds. The Morgan fingerprint density at radius 3 is 1.29 bits per heavy atom. The van der Waals surface area contributed by atoms with Gasteiger partial charge in [-0.25, -0.2) is 0 Å². The van der Waals surface area contributed by atoms with Gasteiger partial charge < -0.3 is 9.47 Å². The topological polar surface area (TPSA) is 18.5 Å². The lowest BCUT2D eigenvalue weighted by Crippen LogP contribution is -2.33. The van der Waals surface area contributed by atoms with Crippen molar-refractivity contribution < 1.29 is 9.47 Å². The molecule has 0 fully saturated rings. The minimum atomic E-state index is -0.694. The number of hydrogen-bond acceptors (Lipinski definition) is 5. The Hall–Kier alpha value is 1.40. The fourth-order valence-corrected chi connectivity index (χ4v) is 13.9. The maximum Gasteiger partial charge on any atom is 0.0722 e. The minimum Gasteiger partial charge on any atom is -0.384 e. The first-order valence-corrected chi connectivity index (χ1v) is 16.6. The number of ether oxygens (including phenoxy) is 2. The van der Waals surface area contributed by atoms with Crippen LogP contribution in [0.5, 0.6) is 0 Å². The molecular weight excluding hydrogens is 353 g/mol. The van der Waals surface area contributed by atoms with E-state index in [0.29, 0.717) is 11.5 Å². The number of methoxy groups -OCH3 is 2. The summed E-state index contributed by atoms with van der Waals surface area (Å²) in [6, 6.07) is 5.39. The highest BCUT2D eigenvalue weighted by molar-refractivity contribution is 9.09. The van der Waals surface area contributed by atoms with Gasteiger partial charge in [-0.15, -0.1) is 0 Å². The molecule has 0 spiro atoms. The van der Waals surface area contributed by atoms with E-state index in [9.17, 15) is 0 Å². The van der Waals surface area contributed by atoms with Gasteiger partial charge in [0.1, 0.15) is 0 Å². The third kappa shape index (κ3) is 9.32. The van der Waals surface area contributed by atoms with Crippen molar-refractivity contribution in [2.45, 2.75) is 63.3 Å². The van der Waals surface area contributed by atoms with Crippen LogP contribution in [0.15, 0.2) is 0 Å². The fourth-order valence-electron chi connectivity index (χ4n) is 2.65. The highest BCUT2D eigenvalue weighted by atomic mass is 33.5. The molecule has 0 aliphatic heterocycles. The Balaban J connectivity index is 3.92. The summed E-state index contributed by atoms with van der Waals surface area (Å²) < 4.78 is 11.4. The molecule has 0 saturated heterocycles. The fraction of sp³-hybridized carbons (Fsp3) is 1.00. The second-order valence-electron chi connectivity index (χ2n) is 5.34. The maximum atomic E-state index is 5.72. The molecule has 0 aromatic heterocycles. The van der Waals surface area contributed by atoms with Crippen molar-refractivity contribution in [3.63, 3.8) is 0 Å². The molecule has 2 nitrogen and oxygen atoms in total. The zero-order chi connectivity index (χ0) is 16.1. The summed E-state index contributed by atoms with van der Waals surface area (Å²) in [7, 11) is 8.26. The smallest absolute Gasteiger partial charge is 0.0722 e. The van der Waals surface area contributed by atoms with E-state index in [-0.39, 0.29) is 0 Å². The molecule has 7 heteroatoms. The van der Waals surface area contributed by atoms with Gasteiger partial charge in [-0.2, -0.15) is 0 Å². The third-order valence-electron chi connectivity index (χ3n) is 4.32. The van der Waals surface area contributed by atoms with Gasteiger partial charge in [0.25, 0.3) is 0 Å². The van der Waals surface area contributed by atoms with Crippen LogP contribution >= 0.6 is 31.4 Å². The lowest BCUT2D eigenvalue weighted by atomic mass is 10.8. The lowest BCUT2D eigenvalue weighted by Gasteiger charge is -2.23. The van der Waals surface area contributed by atoms with Crippen LogP contribution in [-0.4, -0.2) is 54.8 Å². The number of hydrogen-bond donors (Lipinski definition) is 0. The standard InChI is InChI=1S/C14H34O2S3Si2/c1-7-20(8-2)13(15-5)11-17-19-18-12-14(16-6)21(9-3)10-4/h13-14,20-21H,7-12H2,1-6H3. The molecule has 0 bridgehead atoms. The van der Waals surface area contributed by atoms with Gasteiger partial charge in [-0.3, -0.25) is 0 Å². The predicted molar refractivity (Wildman–Crippen MR) is 110 cm³/mol. The highest BCUT2D eigenvalue weighted by Gasteiger charge is 2.21. The molecule has 2 unspecified atom stereocenters. The quantitative estimate of drug-likeness (QED) is 0.245. The van der Waals surface area contributed by atoms with Crippen LogP contribution in [0.2, 0.25) is 24.2 Å². The van der Waals surface area contributed by atoms with Crippen LogP contribution in [0.1, 0.15) is 27.7 Å². The molecule has 21 heavy (non-hydrogen) atoms. The molecule has 0 rings (SSSR count). The molecule has 128 valence electrons. The van der Waals surface area contributed by atoms with Gasteiger partial charge in [-0.1, -0.05) is 73.5 Å². The van der Waals surface area contributed by atoms with E-state index in [0.717, 1.165) is 11.5 Å². The van der Waals surface area contributed by atoms with E-state index in [4.69, 9.17) is 9.47 Å². The normalized spacial score (nSPS) is 14.9. The van der Waals surface area contributed by atoms with Crippen LogP contribution < -0.4 is 0 Å². The summed E-state index contributed by atoms with van der Waals surface area (Å²) in [5.74, 6) is 2.29. The van der Waals surface area contributed by atoms with E-state index < -0.39 is 17.6 Å². The average molecular weight is 387 g/mol. The van der Waals surface area contributed by atoms with Crippen molar-refractivity contribution in [2.75, 3.05) is 25.7 Å². The molecule has 0 heterocycles. The molecule has 0 aliphatic rings.